The number of rotatable bonds is 10. The van der Waals surface area contributed by atoms with E-state index in [0.717, 1.165) is 47.9 Å². The zero-order valence-corrected chi connectivity index (χ0v) is 35.2. The predicted octanol–water partition coefficient (Wildman–Crippen LogP) is 10.0. The van der Waals surface area contributed by atoms with Crippen LogP contribution in [0.2, 0.25) is 0 Å². The molecule has 10 heteroatoms. The average Bonchev–Trinajstić information content (AvgIpc) is 3.28. The molecule has 56 heavy (non-hydrogen) atoms. The highest BCUT2D eigenvalue weighted by Crippen LogP contribution is 2.50. The summed E-state index contributed by atoms with van der Waals surface area (Å²) in [7, 11) is -7.12. The molecule has 0 saturated heterocycles. The standard InChI is InChI=1S/2C23H29FO3S/c2*1-4-6-13-23(5-2)15-28(26,27)20-12-7-16(3)14-19(20)21(22(23)25)17-8-10-18(24)11-9-17/h2*7-12,14,21-22,25H,4-6,13,15H2,1-3H3/t21-,22?,23+;21-,22?,23-/m01/s1. The number of benzene rings is 4. The molecule has 0 aromatic heterocycles. The van der Waals surface area contributed by atoms with Crippen LogP contribution >= 0.6 is 0 Å². The summed E-state index contributed by atoms with van der Waals surface area (Å²) in [5.41, 5.74) is 3.12. The number of aliphatic hydroxyl groups is 2. The Labute approximate surface area is 333 Å². The number of fused-ring (bicyclic) bond motifs is 2. The van der Waals surface area contributed by atoms with Gasteiger partial charge in [0.25, 0.3) is 0 Å². The maximum Gasteiger partial charge on any atom is 0.179 e. The maximum atomic E-state index is 13.5. The van der Waals surface area contributed by atoms with E-state index in [1.807, 2.05) is 39.8 Å². The molecule has 4 aromatic carbocycles. The van der Waals surface area contributed by atoms with Crippen LogP contribution in [-0.4, -0.2) is 50.8 Å². The second-order valence-corrected chi connectivity index (χ2v) is 20.1. The molecule has 0 fully saturated rings. The molecule has 0 aliphatic carbocycles. The molecule has 2 unspecified atom stereocenters. The molecule has 2 heterocycles. The third-order valence-corrected chi connectivity index (χ3v) is 16.4. The number of aliphatic hydroxyl groups excluding tert-OH is 2. The van der Waals surface area contributed by atoms with E-state index < -0.39 is 54.5 Å². The van der Waals surface area contributed by atoms with Gasteiger partial charge in [0.1, 0.15) is 11.6 Å². The molecule has 0 radical (unpaired) electrons. The van der Waals surface area contributed by atoms with Gasteiger partial charge in [0, 0.05) is 22.7 Å². The van der Waals surface area contributed by atoms with Crippen molar-refractivity contribution in [3.63, 3.8) is 0 Å². The van der Waals surface area contributed by atoms with Crippen LogP contribution in [0.4, 0.5) is 8.78 Å². The first-order chi connectivity index (χ1) is 26.5. The van der Waals surface area contributed by atoms with Gasteiger partial charge in [-0.3, -0.25) is 0 Å². The van der Waals surface area contributed by atoms with Crippen molar-refractivity contribution in [3.8, 4) is 0 Å². The third-order valence-electron chi connectivity index (χ3n) is 12.4. The minimum atomic E-state index is -3.56. The number of hydrogen-bond acceptors (Lipinski definition) is 6. The summed E-state index contributed by atoms with van der Waals surface area (Å²) in [5.74, 6) is -1.85. The lowest BCUT2D eigenvalue weighted by molar-refractivity contribution is 0.0173. The fourth-order valence-electron chi connectivity index (χ4n) is 9.06. The molecule has 2 aliphatic heterocycles. The first-order valence-electron chi connectivity index (χ1n) is 20.0. The summed E-state index contributed by atoms with van der Waals surface area (Å²) in [6, 6.07) is 22.8. The van der Waals surface area contributed by atoms with E-state index in [1.165, 1.54) is 24.3 Å². The van der Waals surface area contributed by atoms with Crippen molar-refractivity contribution >= 4 is 19.7 Å². The average molecular weight is 809 g/mol. The molecule has 0 amide bonds. The van der Waals surface area contributed by atoms with Gasteiger partial charge >= 0.3 is 0 Å². The molecular formula is C46H58F2O6S2. The van der Waals surface area contributed by atoms with E-state index in [9.17, 15) is 35.8 Å². The van der Waals surface area contributed by atoms with Crippen molar-refractivity contribution in [2.75, 3.05) is 11.5 Å². The lowest BCUT2D eigenvalue weighted by atomic mass is 9.69. The molecule has 0 spiro atoms. The molecule has 2 aliphatic rings. The fraction of sp³-hybridized carbons (Fsp3) is 0.478. The third kappa shape index (κ3) is 8.83. The summed E-state index contributed by atoms with van der Waals surface area (Å²) >= 11 is 0. The Morgan fingerprint density at radius 2 is 0.911 bits per heavy atom. The van der Waals surface area contributed by atoms with E-state index in [1.54, 1.807) is 48.5 Å². The number of halogens is 2. The molecule has 304 valence electrons. The Balaban J connectivity index is 0.000000214. The highest BCUT2D eigenvalue weighted by Gasteiger charge is 2.50. The number of hydrogen-bond donors (Lipinski definition) is 2. The quantitative estimate of drug-likeness (QED) is 0.165. The Hall–Kier alpha value is -3.44. The van der Waals surface area contributed by atoms with E-state index in [0.29, 0.717) is 46.6 Å². The lowest BCUT2D eigenvalue weighted by Gasteiger charge is -2.39. The minimum Gasteiger partial charge on any atom is -0.392 e. The first kappa shape index (κ1) is 43.7. The van der Waals surface area contributed by atoms with Gasteiger partial charge in [0.05, 0.1) is 33.5 Å². The van der Waals surface area contributed by atoms with E-state index in [4.69, 9.17) is 0 Å². The Bertz CT molecular complexity index is 2030. The lowest BCUT2D eigenvalue weighted by Crippen LogP contribution is -2.42. The van der Waals surface area contributed by atoms with Gasteiger partial charge in [-0.15, -0.1) is 0 Å². The van der Waals surface area contributed by atoms with Crippen molar-refractivity contribution in [2.45, 2.75) is 127 Å². The van der Waals surface area contributed by atoms with Crippen LogP contribution < -0.4 is 0 Å². The Morgan fingerprint density at radius 3 is 1.21 bits per heavy atom. The van der Waals surface area contributed by atoms with Crippen LogP contribution in [0.15, 0.2) is 94.7 Å². The van der Waals surface area contributed by atoms with Gasteiger partial charge in [-0.05, 0) is 98.2 Å². The monoisotopic (exact) mass is 808 g/mol. The van der Waals surface area contributed by atoms with Crippen molar-refractivity contribution < 1.29 is 35.8 Å². The first-order valence-corrected chi connectivity index (χ1v) is 23.3. The number of sulfone groups is 2. The van der Waals surface area contributed by atoms with Crippen LogP contribution in [0, 0.1) is 36.3 Å². The maximum absolute atomic E-state index is 13.5. The van der Waals surface area contributed by atoms with Gasteiger partial charge < -0.3 is 10.2 Å². The minimum absolute atomic E-state index is 0.0641. The van der Waals surface area contributed by atoms with Gasteiger partial charge in [0.15, 0.2) is 19.7 Å². The summed E-state index contributed by atoms with van der Waals surface area (Å²) in [6.07, 6.45) is 4.26. The molecular weight excluding hydrogens is 751 g/mol. The molecule has 6 atom stereocenters. The van der Waals surface area contributed by atoms with Gasteiger partial charge in [0.2, 0.25) is 0 Å². The van der Waals surface area contributed by atoms with E-state index in [-0.39, 0.29) is 23.1 Å². The number of unbranched alkanes of at least 4 members (excludes halogenated alkanes) is 2. The topological polar surface area (TPSA) is 109 Å². The van der Waals surface area contributed by atoms with Crippen molar-refractivity contribution in [3.05, 3.63) is 130 Å². The predicted molar refractivity (Wildman–Crippen MR) is 219 cm³/mol. The zero-order valence-electron chi connectivity index (χ0n) is 33.6. The molecule has 6 rings (SSSR count). The molecule has 0 saturated carbocycles. The van der Waals surface area contributed by atoms with Crippen LogP contribution in [0.25, 0.3) is 0 Å². The van der Waals surface area contributed by atoms with E-state index in [2.05, 4.69) is 13.8 Å². The Morgan fingerprint density at radius 1 is 0.571 bits per heavy atom. The van der Waals surface area contributed by atoms with E-state index >= 15 is 0 Å². The van der Waals surface area contributed by atoms with Crippen LogP contribution in [0.3, 0.4) is 0 Å². The molecule has 4 aromatic rings. The highest BCUT2D eigenvalue weighted by atomic mass is 32.2. The number of aryl methyl sites for hydroxylation is 2. The smallest absolute Gasteiger partial charge is 0.179 e. The summed E-state index contributed by atoms with van der Waals surface area (Å²) in [4.78, 5) is 0.580. The second kappa shape index (κ2) is 17.6. The van der Waals surface area contributed by atoms with Gasteiger partial charge in [-0.1, -0.05) is 113 Å². The molecule has 2 N–H and O–H groups in total. The molecule has 6 nitrogen and oxygen atoms in total. The fourth-order valence-corrected chi connectivity index (χ4v) is 13.6. The van der Waals surface area contributed by atoms with Crippen molar-refractivity contribution in [1.29, 1.82) is 0 Å². The van der Waals surface area contributed by atoms with Crippen molar-refractivity contribution in [1.82, 2.24) is 0 Å². The summed E-state index contributed by atoms with van der Waals surface area (Å²) in [5, 5.41) is 23.2. The van der Waals surface area contributed by atoms with Gasteiger partial charge in [-0.2, -0.15) is 0 Å². The normalized spacial score (nSPS) is 26.5. The Kier molecular flexibility index (Phi) is 13.7. The summed E-state index contributed by atoms with van der Waals surface area (Å²) in [6.45, 7) is 11.9. The van der Waals surface area contributed by atoms with Crippen LogP contribution in [0.5, 0.6) is 0 Å². The SMILES string of the molecule is CCCC[C@]1(CC)CS(=O)(=O)c2ccc(C)cc2[C@@H](c2ccc(F)cc2)C1O.CCCC[C@]1(CC)CS(=O)(=O)c2ccc(C)cc2[C@H](c2ccc(F)cc2)C1O. The van der Waals surface area contributed by atoms with Crippen LogP contribution in [-0.2, 0) is 19.7 Å². The highest BCUT2D eigenvalue weighted by molar-refractivity contribution is 7.91. The largest absolute Gasteiger partial charge is 0.392 e. The second-order valence-electron chi connectivity index (χ2n) is 16.2. The molecule has 0 bridgehead atoms. The van der Waals surface area contributed by atoms with Crippen molar-refractivity contribution in [2.24, 2.45) is 10.8 Å². The van der Waals surface area contributed by atoms with Crippen LogP contribution in [0.1, 0.15) is 124 Å². The summed E-state index contributed by atoms with van der Waals surface area (Å²) < 4.78 is 80.5. The van der Waals surface area contributed by atoms with Gasteiger partial charge in [-0.25, -0.2) is 25.6 Å². The zero-order chi connectivity index (χ0) is 41.1.